The van der Waals surface area contributed by atoms with Gasteiger partial charge in [-0.2, -0.15) is 0 Å². The fourth-order valence-electron chi connectivity index (χ4n) is 3.40. The van der Waals surface area contributed by atoms with E-state index in [1.807, 2.05) is 23.9 Å². The summed E-state index contributed by atoms with van der Waals surface area (Å²) < 4.78 is 33.1. The number of ether oxygens (including phenoxy) is 1. The standard InChI is InChI=1S/C21H27N3O4S/c1-23(2)20-12-7-16(15-19(20)21(25)24-13-5-4-6-14-24)22-29(26,27)18-10-8-17(28-3)9-11-18/h7-12,15,22H,4-6,13-14H2,1-3H3. The van der Waals surface area contributed by atoms with Crippen molar-refractivity contribution in [2.24, 2.45) is 0 Å². The summed E-state index contributed by atoms with van der Waals surface area (Å²) in [6, 6.07) is 11.2. The second-order valence-corrected chi connectivity index (χ2v) is 8.94. The second kappa shape index (κ2) is 8.73. The number of carbonyl (C=O) groups is 1. The Bertz CT molecular complexity index is 966. The van der Waals surface area contributed by atoms with Crippen LogP contribution in [0.15, 0.2) is 47.4 Å². The third-order valence-electron chi connectivity index (χ3n) is 4.97. The van der Waals surface area contributed by atoms with Gasteiger partial charge in [0.15, 0.2) is 0 Å². The van der Waals surface area contributed by atoms with Gasteiger partial charge < -0.3 is 14.5 Å². The van der Waals surface area contributed by atoms with Crippen LogP contribution < -0.4 is 14.4 Å². The van der Waals surface area contributed by atoms with Gasteiger partial charge in [0.25, 0.3) is 15.9 Å². The van der Waals surface area contributed by atoms with Gasteiger partial charge in [-0.1, -0.05) is 0 Å². The molecule has 29 heavy (non-hydrogen) atoms. The number of hydrogen-bond acceptors (Lipinski definition) is 5. The van der Waals surface area contributed by atoms with Crippen molar-refractivity contribution in [3.63, 3.8) is 0 Å². The maximum absolute atomic E-state index is 13.1. The molecule has 0 atom stereocenters. The third kappa shape index (κ3) is 4.82. The molecule has 156 valence electrons. The molecular weight excluding hydrogens is 390 g/mol. The van der Waals surface area contributed by atoms with Gasteiger partial charge in [0, 0.05) is 38.6 Å². The Hall–Kier alpha value is -2.74. The van der Waals surface area contributed by atoms with E-state index in [0.717, 1.165) is 38.0 Å². The van der Waals surface area contributed by atoms with E-state index in [2.05, 4.69) is 4.72 Å². The maximum atomic E-state index is 13.1. The summed E-state index contributed by atoms with van der Waals surface area (Å²) >= 11 is 0. The lowest BCUT2D eigenvalue weighted by Gasteiger charge is -2.28. The van der Waals surface area contributed by atoms with E-state index < -0.39 is 10.0 Å². The van der Waals surface area contributed by atoms with Crippen molar-refractivity contribution in [2.45, 2.75) is 24.2 Å². The predicted molar refractivity (Wildman–Crippen MR) is 114 cm³/mol. The van der Waals surface area contributed by atoms with E-state index in [1.165, 1.54) is 19.2 Å². The van der Waals surface area contributed by atoms with Gasteiger partial charge in [-0.3, -0.25) is 9.52 Å². The maximum Gasteiger partial charge on any atom is 0.261 e. The van der Waals surface area contributed by atoms with Crippen molar-refractivity contribution in [1.82, 2.24) is 4.90 Å². The van der Waals surface area contributed by atoms with E-state index >= 15 is 0 Å². The molecule has 2 aromatic carbocycles. The minimum absolute atomic E-state index is 0.0705. The molecule has 1 amide bonds. The number of piperidine rings is 1. The van der Waals surface area contributed by atoms with E-state index in [9.17, 15) is 13.2 Å². The highest BCUT2D eigenvalue weighted by atomic mass is 32.2. The van der Waals surface area contributed by atoms with Crippen LogP contribution >= 0.6 is 0 Å². The van der Waals surface area contributed by atoms with Crippen LogP contribution in [0, 0.1) is 0 Å². The lowest BCUT2D eigenvalue weighted by Crippen LogP contribution is -2.36. The summed E-state index contributed by atoms with van der Waals surface area (Å²) in [6.45, 7) is 1.46. The number of methoxy groups -OCH3 is 1. The topological polar surface area (TPSA) is 79.0 Å². The molecule has 0 aromatic heterocycles. The van der Waals surface area contributed by atoms with Gasteiger partial charge in [-0.05, 0) is 61.7 Å². The molecule has 1 fully saturated rings. The highest BCUT2D eigenvalue weighted by molar-refractivity contribution is 7.92. The van der Waals surface area contributed by atoms with E-state index in [0.29, 0.717) is 17.0 Å². The number of benzene rings is 2. The average molecular weight is 418 g/mol. The van der Waals surface area contributed by atoms with Gasteiger partial charge in [0.1, 0.15) is 5.75 Å². The Labute approximate surface area is 172 Å². The van der Waals surface area contributed by atoms with Gasteiger partial charge in [-0.15, -0.1) is 0 Å². The van der Waals surface area contributed by atoms with E-state index in [1.54, 1.807) is 30.3 Å². The second-order valence-electron chi connectivity index (χ2n) is 7.26. The Morgan fingerprint density at radius 3 is 2.28 bits per heavy atom. The Morgan fingerprint density at radius 1 is 1.03 bits per heavy atom. The summed E-state index contributed by atoms with van der Waals surface area (Å²) in [6.07, 6.45) is 3.12. The van der Waals surface area contributed by atoms with Gasteiger partial charge in [0.2, 0.25) is 0 Å². The number of likely N-dealkylation sites (tertiary alicyclic amines) is 1. The highest BCUT2D eigenvalue weighted by Crippen LogP contribution is 2.27. The number of amides is 1. The van der Waals surface area contributed by atoms with Crippen LogP contribution in [0.25, 0.3) is 0 Å². The van der Waals surface area contributed by atoms with Crippen molar-refractivity contribution in [1.29, 1.82) is 0 Å². The number of nitrogens with one attached hydrogen (secondary N) is 1. The molecule has 1 saturated heterocycles. The predicted octanol–water partition coefficient (Wildman–Crippen LogP) is 3.19. The molecular formula is C21H27N3O4S. The molecule has 2 aromatic rings. The van der Waals surface area contributed by atoms with Crippen LogP contribution in [0.3, 0.4) is 0 Å². The van der Waals surface area contributed by atoms with Crippen LogP contribution in [-0.4, -0.2) is 53.5 Å². The van der Waals surface area contributed by atoms with Crippen LogP contribution in [0.4, 0.5) is 11.4 Å². The molecule has 7 nitrogen and oxygen atoms in total. The molecule has 3 rings (SSSR count). The first-order valence-electron chi connectivity index (χ1n) is 9.59. The third-order valence-corrected chi connectivity index (χ3v) is 6.37. The summed E-state index contributed by atoms with van der Waals surface area (Å²) in [4.78, 5) is 16.9. The zero-order chi connectivity index (χ0) is 21.0. The van der Waals surface area contributed by atoms with Crippen molar-refractivity contribution >= 4 is 27.3 Å². The molecule has 0 aliphatic carbocycles. The minimum Gasteiger partial charge on any atom is -0.497 e. The van der Waals surface area contributed by atoms with Gasteiger partial charge >= 0.3 is 0 Å². The number of rotatable bonds is 6. The number of hydrogen-bond donors (Lipinski definition) is 1. The SMILES string of the molecule is COc1ccc(S(=O)(=O)Nc2ccc(N(C)C)c(C(=O)N3CCCCC3)c2)cc1. The number of carbonyl (C=O) groups excluding carboxylic acids is 1. The van der Waals surface area contributed by atoms with Gasteiger partial charge in [0.05, 0.1) is 17.6 Å². The lowest BCUT2D eigenvalue weighted by molar-refractivity contribution is 0.0725. The smallest absolute Gasteiger partial charge is 0.261 e. The molecule has 1 aliphatic heterocycles. The normalized spacial score (nSPS) is 14.4. The lowest BCUT2D eigenvalue weighted by atomic mass is 10.1. The molecule has 0 spiro atoms. The van der Waals surface area contributed by atoms with Crippen molar-refractivity contribution in [3.05, 3.63) is 48.0 Å². The van der Waals surface area contributed by atoms with Crippen molar-refractivity contribution < 1.29 is 17.9 Å². The van der Waals surface area contributed by atoms with E-state index in [-0.39, 0.29) is 10.8 Å². The molecule has 1 N–H and O–H groups in total. The monoisotopic (exact) mass is 417 g/mol. The summed E-state index contributed by atoms with van der Waals surface area (Å²) in [5, 5.41) is 0. The number of nitrogens with zero attached hydrogens (tertiary/aromatic N) is 2. The molecule has 0 radical (unpaired) electrons. The molecule has 8 heteroatoms. The Morgan fingerprint density at radius 2 is 1.69 bits per heavy atom. The molecule has 0 saturated carbocycles. The van der Waals surface area contributed by atoms with Crippen molar-refractivity contribution in [2.75, 3.05) is 43.9 Å². The molecule has 0 bridgehead atoms. The van der Waals surface area contributed by atoms with Gasteiger partial charge in [-0.25, -0.2) is 8.42 Å². The fourth-order valence-corrected chi connectivity index (χ4v) is 4.45. The van der Waals surface area contributed by atoms with Crippen LogP contribution in [-0.2, 0) is 10.0 Å². The summed E-state index contributed by atoms with van der Waals surface area (Å²) in [7, 11) is 1.47. The zero-order valence-corrected chi connectivity index (χ0v) is 17.8. The fraction of sp³-hybridized carbons (Fsp3) is 0.381. The summed E-state index contributed by atoms with van der Waals surface area (Å²) in [5.41, 5.74) is 1.60. The van der Waals surface area contributed by atoms with Crippen LogP contribution in [0.2, 0.25) is 0 Å². The molecule has 1 heterocycles. The zero-order valence-electron chi connectivity index (χ0n) is 17.0. The first-order valence-corrected chi connectivity index (χ1v) is 11.1. The van der Waals surface area contributed by atoms with Crippen LogP contribution in [0.5, 0.6) is 5.75 Å². The van der Waals surface area contributed by atoms with Crippen molar-refractivity contribution in [3.8, 4) is 5.75 Å². The number of anilines is 2. The largest absolute Gasteiger partial charge is 0.497 e. The quantitative estimate of drug-likeness (QED) is 0.781. The molecule has 0 unspecified atom stereocenters. The Kier molecular flexibility index (Phi) is 6.32. The number of sulfonamides is 1. The molecule has 1 aliphatic rings. The minimum atomic E-state index is -3.78. The first kappa shape index (κ1) is 21.0. The summed E-state index contributed by atoms with van der Waals surface area (Å²) in [5.74, 6) is 0.507. The van der Waals surface area contributed by atoms with E-state index in [4.69, 9.17) is 4.74 Å². The Balaban J connectivity index is 1.90. The first-order chi connectivity index (χ1) is 13.8. The average Bonchev–Trinajstić information content (AvgIpc) is 2.73. The highest BCUT2D eigenvalue weighted by Gasteiger charge is 2.23. The van der Waals surface area contributed by atoms with Crippen LogP contribution in [0.1, 0.15) is 29.6 Å².